The molecular formula is C20H22N2O7S. The molecule has 0 aliphatic carbocycles. The summed E-state index contributed by atoms with van der Waals surface area (Å²) in [5.74, 6) is 1.64. The van der Waals surface area contributed by atoms with Crippen LogP contribution in [0, 0.1) is 0 Å². The standard InChI is InChI=1S/C20H22N2O7S/c1-2-30(24,25)22(14-7-8-17-19(9-14)28-13-27-17)11-20(23)21-10-15-12-26-16-5-3-4-6-18(16)29-15/h3-9,15H,2,10-13H2,1H3,(H,21,23)/t15-/m0/s1. The number of sulfonamides is 1. The van der Waals surface area contributed by atoms with Gasteiger partial charge in [0.15, 0.2) is 23.0 Å². The van der Waals surface area contributed by atoms with Gasteiger partial charge >= 0.3 is 0 Å². The predicted molar refractivity (Wildman–Crippen MR) is 109 cm³/mol. The van der Waals surface area contributed by atoms with Gasteiger partial charge in [0.1, 0.15) is 19.3 Å². The van der Waals surface area contributed by atoms with Crippen molar-refractivity contribution in [3.8, 4) is 23.0 Å². The normalized spacial score (nSPS) is 16.8. The summed E-state index contributed by atoms with van der Waals surface area (Å²) in [7, 11) is -3.69. The number of ether oxygens (including phenoxy) is 4. The number of nitrogens with zero attached hydrogens (tertiary/aromatic N) is 1. The van der Waals surface area contributed by atoms with E-state index in [9.17, 15) is 13.2 Å². The number of carbonyl (C=O) groups excluding carboxylic acids is 1. The molecule has 2 aliphatic rings. The lowest BCUT2D eigenvalue weighted by Gasteiger charge is -2.27. The Bertz CT molecular complexity index is 1040. The summed E-state index contributed by atoms with van der Waals surface area (Å²) < 4.78 is 48.3. The Morgan fingerprint density at radius 2 is 1.80 bits per heavy atom. The van der Waals surface area contributed by atoms with Crippen LogP contribution in [0.15, 0.2) is 42.5 Å². The molecule has 10 heteroatoms. The van der Waals surface area contributed by atoms with E-state index in [1.54, 1.807) is 24.3 Å². The minimum Gasteiger partial charge on any atom is -0.486 e. The van der Waals surface area contributed by atoms with Crippen LogP contribution in [0.1, 0.15) is 6.92 Å². The first-order chi connectivity index (χ1) is 14.5. The topological polar surface area (TPSA) is 103 Å². The van der Waals surface area contributed by atoms with E-state index in [0.29, 0.717) is 28.7 Å². The van der Waals surface area contributed by atoms with E-state index in [-0.39, 0.29) is 38.3 Å². The molecule has 2 aromatic rings. The summed E-state index contributed by atoms with van der Waals surface area (Å²) in [6, 6.07) is 12.0. The average Bonchev–Trinajstić information content (AvgIpc) is 3.23. The van der Waals surface area contributed by atoms with Crippen molar-refractivity contribution in [1.29, 1.82) is 0 Å². The molecule has 2 aliphatic heterocycles. The van der Waals surface area contributed by atoms with Crippen LogP contribution < -0.4 is 28.6 Å². The fourth-order valence-electron chi connectivity index (χ4n) is 3.12. The highest BCUT2D eigenvalue weighted by Gasteiger charge is 2.27. The van der Waals surface area contributed by atoms with Crippen LogP contribution in [0.3, 0.4) is 0 Å². The molecule has 1 atom stereocenters. The highest BCUT2D eigenvalue weighted by molar-refractivity contribution is 7.92. The van der Waals surface area contributed by atoms with Gasteiger partial charge in [0, 0.05) is 6.07 Å². The molecule has 4 rings (SSSR count). The highest BCUT2D eigenvalue weighted by atomic mass is 32.2. The number of carbonyl (C=O) groups is 1. The second-order valence-electron chi connectivity index (χ2n) is 6.75. The van der Waals surface area contributed by atoms with E-state index in [1.165, 1.54) is 6.92 Å². The molecule has 0 saturated heterocycles. The predicted octanol–water partition coefficient (Wildman–Crippen LogP) is 1.53. The quantitative estimate of drug-likeness (QED) is 0.705. The van der Waals surface area contributed by atoms with Crippen LogP contribution in [0.4, 0.5) is 5.69 Å². The van der Waals surface area contributed by atoms with Crippen molar-refractivity contribution in [1.82, 2.24) is 5.32 Å². The Kier molecular flexibility index (Phi) is 5.58. The third-order valence-corrected chi connectivity index (χ3v) is 6.47. The van der Waals surface area contributed by atoms with Gasteiger partial charge in [-0.25, -0.2) is 8.42 Å². The summed E-state index contributed by atoms with van der Waals surface area (Å²) in [6.45, 7) is 1.72. The summed E-state index contributed by atoms with van der Waals surface area (Å²) >= 11 is 0. The largest absolute Gasteiger partial charge is 0.486 e. The van der Waals surface area contributed by atoms with Crippen molar-refractivity contribution in [3.05, 3.63) is 42.5 Å². The third kappa shape index (κ3) is 4.23. The maximum atomic E-state index is 12.6. The molecule has 0 saturated carbocycles. The average molecular weight is 434 g/mol. The number of fused-ring (bicyclic) bond motifs is 2. The van der Waals surface area contributed by atoms with Gasteiger partial charge in [-0.15, -0.1) is 0 Å². The van der Waals surface area contributed by atoms with Crippen molar-refractivity contribution in [2.24, 2.45) is 0 Å². The minimum absolute atomic E-state index is 0.0758. The minimum atomic E-state index is -3.69. The number of benzene rings is 2. The zero-order valence-corrected chi connectivity index (χ0v) is 17.2. The molecular weight excluding hydrogens is 412 g/mol. The van der Waals surface area contributed by atoms with Gasteiger partial charge < -0.3 is 24.3 Å². The zero-order chi connectivity index (χ0) is 21.1. The van der Waals surface area contributed by atoms with Gasteiger partial charge in [-0.1, -0.05) is 12.1 Å². The van der Waals surface area contributed by atoms with Gasteiger partial charge in [0.05, 0.1) is 18.0 Å². The molecule has 30 heavy (non-hydrogen) atoms. The van der Waals surface area contributed by atoms with Crippen molar-refractivity contribution >= 4 is 21.6 Å². The maximum absolute atomic E-state index is 12.6. The van der Waals surface area contributed by atoms with Gasteiger partial charge in [0.2, 0.25) is 22.7 Å². The molecule has 2 aromatic carbocycles. The first kappa shape index (κ1) is 20.1. The number of rotatable bonds is 7. The van der Waals surface area contributed by atoms with Crippen LogP contribution >= 0.6 is 0 Å². The number of hydrogen-bond acceptors (Lipinski definition) is 7. The number of para-hydroxylation sites is 2. The monoisotopic (exact) mass is 434 g/mol. The Morgan fingerprint density at radius 1 is 1.07 bits per heavy atom. The summed E-state index contributed by atoms with van der Waals surface area (Å²) in [4.78, 5) is 12.5. The Morgan fingerprint density at radius 3 is 2.60 bits per heavy atom. The smallest absolute Gasteiger partial charge is 0.240 e. The van der Waals surface area contributed by atoms with Crippen molar-refractivity contribution < 1.29 is 32.2 Å². The first-order valence-corrected chi connectivity index (χ1v) is 11.1. The van der Waals surface area contributed by atoms with E-state index in [1.807, 2.05) is 18.2 Å². The number of hydrogen-bond donors (Lipinski definition) is 1. The molecule has 0 bridgehead atoms. The fraction of sp³-hybridized carbons (Fsp3) is 0.350. The molecule has 0 fully saturated rings. The van der Waals surface area contributed by atoms with Crippen molar-refractivity contribution in [2.45, 2.75) is 13.0 Å². The first-order valence-electron chi connectivity index (χ1n) is 9.51. The van der Waals surface area contributed by atoms with Gasteiger partial charge in [-0.2, -0.15) is 0 Å². The summed E-state index contributed by atoms with van der Waals surface area (Å²) in [5, 5.41) is 2.73. The van der Waals surface area contributed by atoms with E-state index >= 15 is 0 Å². The summed E-state index contributed by atoms with van der Waals surface area (Å²) in [6.07, 6.45) is -0.370. The van der Waals surface area contributed by atoms with Crippen molar-refractivity contribution in [2.75, 3.05) is 36.5 Å². The van der Waals surface area contributed by atoms with Crippen LogP contribution in [0.5, 0.6) is 23.0 Å². The fourth-order valence-corrected chi connectivity index (χ4v) is 4.18. The lowest BCUT2D eigenvalue weighted by molar-refractivity contribution is -0.120. The Labute approximate surface area is 174 Å². The van der Waals surface area contributed by atoms with E-state index in [2.05, 4.69) is 5.32 Å². The Balaban J connectivity index is 1.41. The molecule has 1 N–H and O–H groups in total. The van der Waals surface area contributed by atoms with Crippen LogP contribution in [0.2, 0.25) is 0 Å². The number of amides is 1. The van der Waals surface area contributed by atoms with E-state index < -0.39 is 15.9 Å². The second-order valence-corrected chi connectivity index (χ2v) is 8.93. The molecule has 0 spiro atoms. The van der Waals surface area contributed by atoms with E-state index in [0.717, 1.165) is 4.31 Å². The molecule has 2 heterocycles. The zero-order valence-electron chi connectivity index (χ0n) is 16.4. The molecule has 160 valence electrons. The SMILES string of the molecule is CCS(=O)(=O)N(CC(=O)NC[C@H]1COc2ccccc2O1)c1ccc2c(c1)OCO2. The van der Waals surface area contributed by atoms with Crippen molar-refractivity contribution in [3.63, 3.8) is 0 Å². The van der Waals surface area contributed by atoms with E-state index in [4.69, 9.17) is 18.9 Å². The van der Waals surface area contributed by atoms with Gasteiger partial charge in [0.25, 0.3) is 0 Å². The number of nitrogens with one attached hydrogen (secondary N) is 1. The van der Waals surface area contributed by atoms with Gasteiger partial charge in [-0.05, 0) is 31.2 Å². The lowest BCUT2D eigenvalue weighted by atomic mass is 10.2. The maximum Gasteiger partial charge on any atom is 0.240 e. The van der Waals surface area contributed by atoms with Crippen LogP contribution in [-0.4, -0.2) is 52.7 Å². The lowest BCUT2D eigenvalue weighted by Crippen LogP contribution is -2.46. The van der Waals surface area contributed by atoms with Crippen LogP contribution in [-0.2, 0) is 14.8 Å². The molecule has 0 radical (unpaired) electrons. The summed E-state index contributed by atoms with van der Waals surface area (Å²) in [5.41, 5.74) is 0.336. The molecule has 0 unspecified atom stereocenters. The molecule has 9 nitrogen and oxygen atoms in total. The molecule has 1 amide bonds. The second kappa shape index (κ2) is 8.31. The molecule has 0 aromatic heterocycles. The Hall–Kier alpha value is -3.14. The third-order valence-electron chi connectivity index (χ3n) is 4.73. The highest BCUT2D eigenvalue weighted by Crippen LogP contribution is 2.36. The van der Waals surface area contributed by atoms with Gasteiger partial charge in [-0.3, -0.25) is 9.10 Å². The number of anilines is 1. The van der Waals surface area contributed by atoms with Crippen LogP contribution in [0.25, 0.3) is 0 Å².